The molecule has 0 radical (unpaired) electrons. The minimum atomic E-state index is -0.179. The highest BCUT2D eigenvalue weighted by Gasteiger charge is 2.07. The fraction of sp³-hybridized carbons (Fsp3) is 0.286. The van der Waals surface area contributed by atoms with Crippen LogP contribution in [0.2, 0.25) is 0 Å². The summed E-state index contributed by atoms with van der Waals surface area (Å²) >= 11 is 3.35. The normalized spacial score (nSPS) is 11.0. The lowest BCUT2D eigenvalue weighted by Crippen LogP contribution is -2.22. The Morgan fingerprint density at radius 3 is 2.90 bits per heavy atom. The molecule has 0 aliphatic heterocycles. The summed E-state index contributed by atoms with van der Waals surface area (Å²) in [7, 11) is 1.95. The van der Waals surface area contributed by atoms with Gasteiger partial charge in [-0.15, -0.1) is 0 Å². The molecular weight excluding hydrogens is 323 g/mol. The zero-order valence-corrected chi connectivity index (χ0v) is 12.8. The number of nitrogens with zero attached hydrogens (tertiary/aromatic N) is 3. The van der Waals surface area contributed by atoms with Gasteiger partial charge in [-0.25, -0.2) is 14.4 Å². The van der Waals surface area contributed by atoms with Gasteiger partial charge < -0.3 is 5.73 Å². The van der Waals surface area contributed by atoms with Crippen LogP contribution >= 0.6 is 15.9 Å². The average Bonchev–Trinajstić information content (AvgIpc) is 2.40. The van der Waals surface area contributed by atoms with E-state index in [9.17, 15) is 4.39 Å². The van der Waals surface area contributed by atoms with Crippen LogP contribution in [0.3, 0.4) is 0 Å². The summed E-state index contributed by atoms with van der Waals surface area (Å²) < 4.78 is 14.5. The van der Waals surface area contributed by atoms with Gasteiger partial charge in [0.2, 0.25) is 0 Å². The third kappa shape index (κ3) is 4.25. The maximum absolute atomic E-state index is 13.6. The Kier molecular flexibility index (Phi) is 5.03. The molecule has 0 bridgehead atoms. The van der Waals surface area contributed by atoms with Crippen molar-refractivity contribution in [3.05, 3.63) is 52.1 Å². The summed E-state index contributed by atoms with van der Waals surface area (Å²) in [5.41, 5.74) is 6.31. The minimum absolute atomic E-state index is 0.179. The number of aromatic nitrogens is 2. The van der Waals surface area contributed by atoms with Gasteiger partial charge in [0.05, 0.1) is 6.54 Å². The van der Waals surface area contributed by atoms with Crippen LogP contribution in [0.15, 0.2) is 34.9 Å². The van der Waals surface area contributed by atoms with Gasteiger partial charge in [0, 0.05) is 17.2 Å². The van der Waals surface area contributed by atoms with Crippen molar-refractivity contribution in [1.29, 1.82) is 0 Å². The number of hydrogen-bond acceptors (Lipinski definition) is 4. The topological polar surface area (TPSA) is 55.0 Å². The SMILES string of the molecule is CN(CCc1cc(Br)ccc1F)Cc1nccc(N)n1. The predicted octanol–water partition coefficient (Wildman–Crippen LogP) is 2.63. The van der Waals surface area contributed by atoms with E-state index in [4.69, 9.17) is 5.73 Å². The summed E-state index contributed by atoms with van der Waals surface area (Å²) in [6.07, 6.45) is 2.27. The molecule has 0 saturated heterocycles. The van der Waals surface area contributed by atoms with Gasteiger partial charge in [0.15, 0.2) is 0 Å². The van der Waals surface area contributed by atoms with Crippen molar-refractivity contribution in [3.8, 4) is 0 Å². The number of benzene rings is 1. The molecule has 6 heteroatoms. The van der Waals surface area contributed by atoms with Crippen molar-refractivity contribution in [2.75, 3.05) is 19.3 Å². The van der Waals surface area contributed by atoms with E-state index in [0.717, 1.165) is 4.47 Å². The first-order valence-corrected chi connectivity index (χ1v) is 7.04. The third-order valence-corrected chi connectivity index (χ3v) is 3.40. The fourth-order valence-corrected chi connectivity index (χ4v) is 2.27. The van der Waals surface area contributed by atoms with Gasteiger partial charge in [-0.2, -0.15) is 0 Å². The van der Waals surface area contributed by atoms with Crippen molar-refractivity contribution in [2.24, 2.45) is 0 Å². The van der Waals surface area contributed by atoms with Gasteiger partial charge in [-0.1, -0.05) is 15.9 Å². The summed E-state index contributed by atoms with van der Waals surface area (Å²) in [6.45, 7) is 1.30. The Morgan fingerprint density at radius 2 is 2.15 bits per heavy atom. The van der Waals surface area contributed by atoms with E-state index >= 15 is 0 Å². The minimum Gasteiger partial charge on any atom is -0.384 e. The molecule has 0 unspecified atom stereocenters. The van der Waals surface area contributed by atoms with Crippen LogP contribution in [-0.4, -0.2) is 28.5 Å². The Balaban J connectivity index is 1.92. The zero-order chi connectivity index (χ0) is 14.5. The molecule has 0 aliphatic rings. The largest absolute Gasteiger partial charge is 0.384 e. The number of likely N-dealkylation sites (N-methyl/N-ethyl adjacent to an activating group) is 1. The second-order valence-electron chi connectivity index (χ2n) is 4.62. The third-order valence-electron chi connectivity index (χ3n) is 2.91. The first-order valence-electron chi connectivity index (χ1n) is 6.24. The first kappa shape index (κ1) is 14.9. The Hall–Kier alpha value is -1.53. The summed E-state index contributed by atoms with van der Waals surface area (Å²) in [6, 6.07) is 6.63. The van der Waals surface area contributed by atoms with Crippen molar-refractivity contribution in [3.63, 3.8) is 0 Å². The lowest BCUT2D eigenvalue weighted by Gasteiger charge is -2.16. The number of nitrogen functional groups attached to an aromatic ring is 1. The highest BCUT2D eigenvalue weighted by Crippen LogP contribution is 2.16. The van der Waals surface area contributed by atoms with Crippen LogP contribution in [0.25, 0.3) is 0 Å². The fourth-order valence-electron chi connectivity index (χ4n) is 1.86. The lowest BCUT2D eigenvalue weighted by atomic mass is 10.1. The first-order chi connectivity index (χ1) is 9.54. The quantitative estimate of drug-likeness (QED) is 0.910. The van der Waals surface area contributed by atoms with E-state index < -0.39 is 0 Å². The van der Waals surface area contributed by atoms with E-state index in [-0.39, 0.29) is 5.82 Å². The monoisotopic (exact) mass is 338 g/mol. The van der Waals surface area contributed by atoms with Gasteiger partial charge in [-0.3, -0.25) is 4.90 Å². The number of anilines is 1. The van der Waals surface area contributed by atoms with Crippen LogP contribution in [0.5, 0.6) is 0 Å². The number of rotatable bonds is 5. The molecule has 2 rings (SSSR count). The summed E-state index contributed by atoms with van der Waals surface area (Å²) in [5.74, 6) is 0.949. The molecule has 2 aromatic rings. The highest BCUT2D eigenvalue weighted by molar-refractivity contribution is 9.10. The molecule has 4 nitrogen and oxygen atoms in total. The van der Waals surface area contributed by atoms with E-state index in [1.54, 1.807) is 24.4 Å². The molecule has 106 valence electrons. The average molecular weight is 339 g/mol. The molecule has 1 aromatic carbocycles. The van der Waals surface area contributed by atoms with Gasteiger partial charge >= 0.3 is 0 Å². The van der Waals surface area contributed by atoms with Crippen molar-refractivity contribution in [1.82, 2.24) is 14.9 Å². The number of halogens is 2. The summed E-state index contributed by atoms with van der Waals surface area (Å²) in [4.78, 5) is 10.3. The Morgan fingerprint density at radius 1 is 1.35 bits per heavy atom. The van der Waals surface area contributed by atoms with Crippen LogP contribution in [0.1, 0.15) is 11.4 Å². The molecule has 0 amide bonds. The molecule has 0 fully saturated rings. The molecule has 0 aliphatic carbocycles. The molecule has 1 aromatic heterocycles. The Labute approximate surface area is 126 Å². The molecular formula is C14H16BrFN4. The van der Waals surface area contributed by atoms with Crippen LogP contribution in [0.4, 0.5) is 10.2 Å². The number of nitrogens with two attached hydrogens (primary N) is 1. The highest BCUT2D eigenvalue weighted by atomic mass is 79.9. The molecule has 20 heavy (non-hydrogen) atoms. The van der Waals surface area contributed by atoms with E-state index in [1.165, 1.54) is 6.07 Å². The van der Waals surface area contributed by atoms with E-state index in [2.05, 4.69) is 25.9 Å². The smallest absolute Gasteiger partial charge is 0.144 e. The second-order valence-corrected chi connectivity index (χ2v) is 5.54. The van der Waals surface area contributed by atoms with E-state index in [0.29, 0.717) is 36.7 Å². The van der Waals surface area contributed by atoms with Crippen molar-refractivity contribution >= 4 is 21.7 Å². The van der Waals surface area contributed by atoms with Crippen LogP contribution in [0, 0.1) is 5.82 Å². The molecule has 0 spiro atoms. The maximum atomic E-state index is 13.6. The molecule has 0 saturated carbocycles. The standard InChI is InChI=1S/C14H16BrFN4/c1-20(9-14-18-6-4-13(17)19-14)7-5-10-8-11(15)2-3-12(10)16/h2-4,6,8H,5,7,9H2,1H3,(H2,17,18,19). The van der Waals surface area contributed by atoms with Crippen molar-refractivity contribution in [2.45, 2.75) is 13.0 Å². The lowest BCUT2D eigenvalue weighted by molar-refractivity contribution is 0.321. The second kappa shape index (κ2) is 6.76. The van der Waals surface area contributed by atoms with Gasteiger partial charge in [0.25, 0.3) is 0 Å². The van der Waals surface area contributed by atoms with Crippen LogP contribution in [-0.2, 0) is 13.0 Å². The summed E-state index contributed by atoms with van der Waals surface area (Å²) in [5, 5.41) is 0. The Bertz CT molecular complexity index is 591. The van der Waals surface area contributed by atoms with E-state index in [1.807, 2.05) is 11.9 Å². The van der Waals surface area contributed by atoms with Crippen LogP contribution < -0.4 is 5.73 Å². The van der Waals surface area contributed by atoms with Gasteiger partial charge in [0.1, 0.15) is 17.5 Å². The molecule has 1 heterocycles. The molecule has 2 N–H and O–H groups in total. The number of hydrogen-bond donors (Lipinski definition) is 1. The molecule has 0 atom stereocenters. The zero-order valence-electron chi connectivity index (χ0n) is 11.2. The predicted molar refractivity (Wildman–Crippen MR) is 80.6 cm³/mol. The van der Waals surface area contributed by atoms with Crippen molar-refractivity contribution < 1.29 is 4.39 Å². The maximum Gasteiger partial charge on any atom is 0.144 e. The van der Waals surface area contributed by atoms with Gasteiger partial charge in [-0.05, 0) is 43.3 Å².